The van der Waals surface area contributed by atoms with Crippen LogP contribution in [-0.2, 0) is 0 Å². The van der Waals surface area contributed by atoms with Crippen LogP contribution in [0, 0.1) is 18.7 Å². The molecule has 2 aromatic heterocycles. The first kappa shape index (κ1) is 27.1. The molecule has 42 heavy (non-hydrogen) atoms. The van der Waals surface area contributed by atoms with Gasteiger partial charge in [0.15, 0.2) is 5.82 Å². The molecule has 0 unspecified atom stereocenters. The summed E-state index contributed by atoms with van der Waals surface area (Å²) in [5.74, 6) is 0.559. The van der Waals surface area contributed by atoms with E-state index in [4.69, 9.17) is 19.1 Å². The number of piperidine rings is 1. The second kappa shape index (κ2) is 10.2. The summed E-state index contributed by atoms with van der Waals surface area (Å²) >= 11 is 0. The minimum absolute atomic E-state index is 0.0804. The van der Waals surface area contributed by atoms with Gasteiger partial charge in [-0.1, -0.05) is 19.1 Å². The zero-order valence-electron chi connectivity index (χ0n) is 23.8. The number of phenols is 1. The molecule has 3 aliphatic heterocycles. The fourth-order valence-electron chi connectivity index (χ4n) is 7.18. The maximum absolute atomic E-state index is 15.1. The molecule has 1 N–H and O–H groups in total. The number of alkyl halides is 1. The van der Waals surface area contributed by atoms with E-state index in [-0.39, 0.29) is 46.0 Å². The van der Waals surface area contributed by atoms with Crippen molar-refractivity contribution in [3.05, 3.63) is 52.1 Å². The number of anilines is 1. The molecule has 0 spiro atoms. The molecule has 2 aromatic carbocycles. The van der Waals surface area contributed by atoms with Crippen LogP contribution in [0.25, 0.3) is 33.0 Å². The molecule has 0 amide bonds. The number of hydrogen-bond donors (Lipinski definition) is 1. The van der Waals surface area contributed by atoms with E-state index in [9.17, 15) is 14.3 Å². The fraction of sp³-hybridized carbons (Fsp3) is 0.469. The van der Waals surface area contributed by atoms with E-state index in [2.05, 4.69) is 16.7 Å². The number of halogens is 2. The first-order valence-electron chi connectivity index (χ1n) is 14.8. The summed E-state index contributed by atoms with van der Waals surface area (Å²) in [5.41, 5.74) is 0.0868. The Hall–Kier alpha value is -3.79. The van der Waals surface area contributed by atoms with Gasteiger partial charge in [0.25, 0.3) is 0 Å². The minimum atomic E-state index is -0.885. The van der Waals surface area contributed by atoms with Gasteiger partial charge in [0, 0.05) is 42.6 Å². The van der Waals surface area contributed by atoms with Gasteiger partial charge >= 0.3 is 11.6 Å². The van der Waals surface area contributed by atoms with Crippen LogP contribution < -0.4 is 15.3 Å². The van der Waals surface area contributed by atoms with Crippen LogP contribution in [0.1, 0.15) is 44.6 Å². The Labute approximate surface area is 241 Å². The molecule has 0 aliphatic carbocycles. The predicted octanol–water partition coefficient (Wildman–Crippen LogP) is 5.75. The van der Waals surface area contributed by atoms with Crippen LogP contribution in [0.15, 0.2) is 39.5 Å². The number of ether oxygens (including phenoxy) is 1. The average molecular weight is 577 g/mol. The second-order valence-corrected chi connectivity index (χ2v) is 12.3. The summed E-state index contributed by atoms with van der Waals surface area (Å²) in [4.78, 5) is 27.4. The summed E-state index contributed by atoms with van der Waals surface area (Å²) in [7, 11) is 0. The van der Waals surface area contributed by atoms with E-state index in [0.29, 0.717) is 41.2 Å². The second-order valence-electron chi connectivity index (χ2n) is 12.3. The Morgan fingerprint density at radius 2 is 1.98 bits per heavy atom. The van der Waals surface area contributed by atoms with E-state index in [1.165, 1.54) is 18.2 Å². The van der Waals surface area contributed by atoms with Gasteiger partial charge in [-0.2, -0.15) is 9.97 Å². The number of benzene rings is 2. The van der Waals surface area contributed by atoms with Crippen LogP contribution >= 0.6 is 0 Å². The van der Waals surface area contributed by atoms with Gasteiger partial charge in [-0.25, -0.2) is 13.6 Å². The smallest absolute Gasteiger partial charge is 0.349 e. The zero-order valence-corrected chi connectivity index (χ0v) is 23.8. The van der Waals surface area contributed by atoms with Crippen LogP contribution in [0.2, 0.25) is 0 Å². The van der Waals surface area contributed by atoms with E-state index in [1.54, 1.807) is 19.1 Å². The highest BCUT2D eigenvalue weighted by molar-refractivity contribution is 6.00. The fourth-order valence-corrected chi connectivity index (χ4v) is 7.18. The zero-order chi connectivity index (χ0) is 29.2. The Morgan fingerprint density at radius 1 is 1.17 bits per heavy atom. The standard InChI is InChI=1S/C32H34F2N4O4/c1-18-7-11-37(12-8-18)29-26-27(35-31(36-29)41-17-32-9-4-10-38(32)16-21(33)15-32)19(2)28(42-30(26)40)23-14-22(39)13-20-5-3-6-24(34)25(20)23/h3,5-6,13-14,18,21,39H,4,7-12,15-17H2,1-2H3/t21-,32+/m1/s1. The van der Waals surface area contributed by atoms with Crippen molar-refractivity contribution in [2.75, 3.05) is 37.7 Å². The lowest BCUT2D eigenvalue weighted by Crippen LogP contribution is -2.43. The van der Waals surface area contributed by atoms with Gasteiger partial charge in [-0.15, -0.1) is 0 Å². The van der Waals surface area contributed by atoms with Crippen LogP contribution in [-0.4, -0.2) is 64.5 Å². The summed E-state index contributed by atoms with van der Waals surface area (Å²) in [6.07, 6.45) is 3.28. The third kappa shape index (κ3) is 4.47. The van der Waals surface area contributed by atoms with Crippen LogP contribution in [0.5, 0.6) is 11.8 Å². The van der Waals surface area contributed by atoms with E-state index in [0.717, 1.165) is 45.3 Å². The van der Waals surface area contributed by atoms with Crippen molar-refractivity contribution < 1.29 is 23.0 Å². The highest BCUT2D eigenvalue weighted by Gasteiger charge is 2.49. The summed E-state index contributed by atoms with van der Waals surface area (Å²) in [6.45, 7) is 6.92. The number of hydrogen-bond acceptors (Lipinski definition) is 8. The molecule has 2 atom stereocenters. The maximum Gasteiger partial charge on any atom is 0.349 e. The minimum Gasteiger partial charge on any atom is -0.508 e. The van der Waals surface area contributed by atoms with Gasteiger partial charge in [0.05, 0.1) is 11.1 Å². The molecule has 3 aliphatic rings. The Morgan fingerprint density at radius 3 is 2.79 bits per heavy atom. The van der Waals surface area contributed by atoms with Crippen molar-refractivity contribution >= 4 is 27.5 Å². The molecule has 4 aromatic rings. The molecule has 8 nitrogen and oxygen atoms in total. The molecule has 0 bridgehead atoms. The highest BCUT2D eigenvalue weighted by Crippen LogP contribution is 2.41. The van der Waals surface area contributed by atoms with Crippen molar-refractivity contribution in [2.24, 2.45) is 5.92 Å². The molecule has 0 radical (unpaired) electrons. The lowest BCUT2D eigenvalue weighted by molar-refractivity contribution is 0.107. The normalized spacial score (nSPS) is 23.2. The van der Waals surface area contributed by atoms with Crippen LogP contribution in [0.4, 0.5) is 14.6 Å². The van der Waals surface area contributed by atoms with Gasteiger partial charge in [0.1, 0.15) is 35.5 Å². The molecular weight excluding hydrogens is 542 g/mol. The van der Waals surface area contributed by atoms with E-state index in [1.807, 2.05) is 0 Å². The van der Waals surface area contributed by atoms with Crippen molar-refractivity contribution in [2.45, 2.75) is 57.7 Å². The topological polar surface area (TPSA) is 91.9 Å². The van der Waals surface area contributed by atoms with Crippen molar-refractivity contribution in [1.29, 1.82) is 0 Å². The summed E-state index contributed by atoms with van der Waals surface area (Å²) in [5, 5.41) is 11.4. The third-order valence-electron chi connectivity index (χ3n) is 9.43. The van der Waals surface area contributed by atoms with E-state index < -0.39 is 17.6 Å². The molecule has 220 valence electrons. The quantitative estimate of drug-likeness (QED) is 0.321. The highest BCUT2D eigenvalue weighted by atomic mass is 19.1. The lowest BCUT2D eigenvalue weighted by Gasteiger charge is -2.32. The monoisotopic (exact) mass is 576 g/mol. The van der Waals surface area contributed by atoms with Gasteiger partial charge in [-0.05, 0) is 68.7 Å². The number of nitrogens with zero attached hydrogens (tertiary/aromatic N) is 4. The van der Waals surface area contributed by atoms with Gasteiger partial charge in [-0.3, -0.25) is 4.90 Å². The van der Waals surface area contributed by atoms with E-state index >= 15 is 4.39 Å². The number of aryl methyl sites for hydroxylation is 1. The van der Waals surface area contributed by atoms with Crippen molar-refractivity contribution in [1.82, 2.24) is 14.9 Å². The largest absolute Gasteiger partial charge is 0.508 e. The number of aromatic hydroxyl groups is 1. The Bertz CT molecular complexity index is 1750. The third-order valence-corrected chi connectivity index (χ3v) is 9.43. The molecule has 10 heteroatoms. The Kier molecular flexibility index (Phi) is 6.56. The number of rotatable bonds is 5. The van der Waals surface area contributed by atoms with Gasteiger partial charge in [0.2, 0.25) is 0 Å². The number of phenolic OH excluding ortho intramolecular Hbond substituents is 1. The molecular formula is C32H34F2N4O4. The number of fused-ring (bicyclic) bond motifs is 3. The molecule has 3 fully saturated rings. The molecule has 5 heterocycles. The van der Waals surface area contributed by atoms with Crippen LogP contribution in [0.3, 0.4) is 0 Å². The van der Waals surface area contributed by atoms with Crippen molar-refractivity contribution in [3.8, 4) is 23.1 Å². The van der Waals surface area contributed by atoms with Crippen molar-refractivity contribution in [3.63, 3.8) is 0 Å². The average Bonchev–Trinajstić information content (AvgIpc) is 3.49. The summed E-state index contributed by atoms with van der Waals surface area (Å²) in [6, 6.07) is 7.57. The number of aromatic nitrogens is 2. The van der Waals surface area contributed by atoms with Gasteiger partial charge < -0.3 is 19.2 Å². The Balaban J connectivity index is 1.39. The SMILES string of the molecule is Cc1c(-c2cc(O)cc3cccc(F)c23)oc(=O)c2c(N3CCC(C)CC3)nc(OC[C@@]34CCCN3C[C@H](F)C4)nc12. The predicted molar refractivity (Wildman–Crippen MR) is 157 cm³/mol. The molecule has 3 saturated heterocycles. The molecule has 0 saturated carbocycles. The maximum atomic E-state index is 15.1. The molecule has 7 rings (SSSR count). The summed E-state index contributed by atoms with van der Waals surface area (Å²) < 4.78 is 41.7. The lowest BCUT2D eigenvalue weighted by atomic mass is 9.95. The first-order valence-corrected chi connectivity index (χ1v) is 14.8. The first-order chi connectivity index (χ1) is 20.2.